The zero-order valence-electron chi connectivity index (χ0n) is 11.3. The smallest absolute Gasteiger partial charge is 0.307 e. The van der Waals surface area contributed by atoms with Crippen molar-refractivity contribution >= 4 is 28.4 Å². The molecule has 1 unspecified atom stereocenters. The summed E-state index contributed by atoms with van der Waals surface area (Å²) in [7, 11) is -1.01. The van der Waals surface area contributed by atoms with E-state index in [0.717, 1.165) is 16.7 Å². The van der Waals surface area contributed by atoms with E-state index in [1.165, 1.54) is 0 Å². The maximum Gasteiger partial charge on any atom is 0.307 e. The van der Waals surface area contributed by atoms with Crippen LogP contribution in [0.2, 0.25) is 5.02 Å². The number of carbonyl (C=O) groups is 1. The van der Waals surface area contributed by atoms with Crippen LogP contribution >= 0.6 is 11.6 Å². The van der Waals surface area contributed by atoms with Crippen molar-refractivity contribution in [1.29, 1.82) is 0 Å². The molecule has 1 atom stereocenters. The van der Waals surface area contributed by atoms with Crippen LogP contribution < -0.4 is 0 Å². The molecule has 21 heavy (non-hydrogen) atoms. The van der Waals surface area contributed by atoms with Crippen molar-refractivity contribution in [3.8, 4) is 0 Å². The van der Waals surface area contributed by atoms with E-state index < -0.39 is 16.8 Å². The van der Waals surface area contributed by atoms with Crippen LogP contribution in [0.5, 0.6) is 0 Å². The number of carboxylic acid groups (broad SMARTS) is 1. The second kappa shape index (κ2) is 7.38. The fourth-order valence-electron chi connectivity index (χ4n) is 1.93. The van der Waals surface area contributed by atoms with E-state index in [4.69, 9.17) is 16.7 Å². The van der Waals surface area contributed by atoms with Gasteiger partial charge >= 0.3 is 5.97 Å². The highest BCUT2D eigenvalue weighted by molar-refractivity contribution is 7.83. The first-order valence-corrected chi connectivity index (χ1v) is 8.28. The number of benzene rings is 2. The van der Waals surface area contributed by atoms with Gasteiger partial charge in [0.2, 0.25) is 0 Å². The molecule has 0 saturated heterocycles. The Bertz CT molecular complexity index is 636. The van der Waals surface area contributed by atoms with Crippen LogP contribution in [0.4, 0.5) is 0 Å². The molecule has 2 rings (SSSR count). The van der Waals surface area contributed by atoms with Gasteiger partial charge in [-0.2, -0.15) is 0 Å². The SMILES string of the molecule is O=C(O)Cc1ccc(CS(=O)Cc2ccc(Cl)cc2)cc1. The molecular formula is C16H15ClO3S. The lowest BCUT2D eigenvalue weighted by atomic mass is 10.1. The van der Waals surface area contributed by atoms with Gasteiger partial charge in [0, 0.05) is 27.3 Å². The van der Waals surface area contributed by atoms with Crippen molar-refractivity contribution in [1.82, 2.24) is 0 Å². The molecule has 0 bridgehead atoms. The Morgan fingerprint density at radius 3 is 1.81 bits per heavy atom. The zero-order chi connectivity index (χ0) is 15.2. The Hall–Kier alpha value is -1.65. The molecule has 0 aliphatic carbocycles. The maximum atomic E-state index is 12.1. The summed E-state index contributed by atoms with van der Waals surface area (Å²) in [5.41, 5.74) is 2.67. The number of aliphatic carboxylic acids is 1. The number of hydrogen-bond acceptors (Lipinski definition) is 2. The van der Waals surface area contributed by atoms with Gasteiger partial charge in [-0.1, -0.05) is 48.0 Å². The summed E-state index contributed by atoms with van der Waals surface area (Å²) in [5.74, 6) is 0.0818. The predicted octanol–water partition coefficient (Wildman–Crippen LogP) is 3.42. The fraction of sp³-hybridized carbons (Fsp3) is 0.188. The highest BCUT2D eigenvalue weighted by atomic mass is 35.5. The monoisotopic (exact) mass is 322 g/mol. The molecule has 0 spiro atoms. The number of halogens is 1. The van der Waals surface area contributed by atoms with Crippen LogP contribution in [0.1, 0.15) is 16.7 Å². The van der Waals surface area contributed by atoms with Crippen molar-refractivity contribution in [2.24, 2.45) is 0 Å². The minimum Gasteiger partial charge on any atom is -0.481 e. The Morgan fingerprint density at radius 2 is 1.33 bits per heavy atom. The summed E-state index contributed by atoms with van der Waals surface area (Å²) >= 11 is 5.81. The first kappa shape index (κ1) is 15.7. The van der Waals surface area contributed by atoms with Gasteiger partial charge in [-0.05, 0) is 28.8 Å². The van der Waals surface area contributed by atoms with Crippen molar-refractivity contribution < 1.29 is 14.1 Å². The van der Waals surface area contributed by atoms with Crippen molar-refractivity contribution in [2.45, 2.75) is 17.9 Å². The minimum atomic E-state index is -1.01. The second-order valence-corrected chi connectivity index (χ2v) is 6.64. The van der Waals surface area contributed by atoms with Crippen molar-refractivity contribution in [2.75, 3.05) is 0 Å². The van der Waals surface area contributed by atoms with Gasteiger partial charge in [-0.15, -0.1) is 0 Å². The average molecular weight is 323 g/mol. The molecule has 0 amide bonds. The lowest BCUT2D eigenvalue weighted by molar-refractivity contribution is -0.136. The van der Waals surface area contributed by atoms with Crippen LogP contribution in [0.3, 0.4) is 0 Å². The molecule has 2 aromatic carbocycles. The molecule has 2 aromatic rings. The third-order valence-corrected chi connectivity index (χ3v) is 4.51. The first-order chi connectivity index (χ1) is 10.0. The third-order valence-electron chi connectivity index (χ3n) is 2.95. The third kappa shape index (κ3) is 5.33. The number of hydrogen-bond donors (Lipinski definition) is 1. The molecular weight excluding hydrogens is 308 g/mol. The van der Waals surface area contributed by atoms with Gasteiger partial charge in [0.25, 0.3) is 0 Å². The van der Waals surface area contributed by atoms with E-state index in [-0.39, 0.29) is 6.42 Å². The van der Waals surface area contributed by atoms with Gasteiger partial charge in [0.05, 0.1) is 6.42 Å². The Kier molecular flexibility index (Phi) is 5.53. The van der Waals surface area contributed by atoms with Crippen LogP contribution in [0, 0.1) is 0 Å². The molecule has 0 radical (unpaired) electrons. The van der Waals surface area contributed by atoms with Crippen LogP contribution in [-0.4, -0.2) is 15.3 Å². The zero-order valence-corrected chi connectivity index (χ0v) is 12.9. The molecule has 0 saturated carbocycles. The topological polar surface area (TPSA) is 54.4 Å². The number of carboxylic acids is 1. The van der Waals surface area contributed by atoms with Crippen LogP contribution in [0.15, 0.2) is 48.5 Å². The highest BCUT2D eigenvalue weighted by Crippen LogP contribution is 2.13. The largest absolute Gasteiger partial charge is 0.481 e. The Labute approximate surface area is 131 Å². The summed E-state index contributed by atoms with van der Waals surface area (Å²) in [6.07, 6.45) is 0.00808. The van der Waals surface area contributed by atoms with E-state index in [1.807, 2.05) is 24.3 Å². The van der Waals surface area contributed by atoms with E-state index in [2.05, 4.69) is 0 Å². The highest BCUT2D eigenvalue weighted by Gasteiger charge is 2.05. The van der Waals surface area contributed by atoms with Crippen molar-refractivity contribution in [3.05, 3.63) is 70.2 Å². The van der Waals surface area contributed by atoms with Crippen molar-refractivity contribution in [3.63, 3.8) is 0 Å². The minimum absolute atomic E-state index is 0.00808. The summed E-state index contributed by atoms with van der Waals surface area (Å²) in [6.45, 7) is 0. The van der Waals surface area contributed by atoms with E-state index in [1.54, 1.807) is 24.3 Å². The van der Waals surface area contributed by atoms with Crippen LogP contribution in [-0.2, 0) is 33.5 Å². The van der Waals surface area contributed by atoms with Gasteiger partial charge in [0.1, 0.15) is 0 Å². The van der Waals surface area contributed by atoms with Gasteiger partial charge in [-0.3, -0.25) is 9.00 Å². The lowest BCUT2D eigenvalue weighted by Gasteiger charge is -2.04. The second-order valence-electron chi connectivity index (χ2n) is 4.74. The fourth-order valence-corrected chi connectivity index (χ4v) is 3.29. The van der Waals surface area contributed by atoms with Crippen LogP contribution in [0.25, 0.3) is 0 Å². The lowest BCUT2D eigenvalue weighted by Crippen LogP contribution is -2.02. The molecule has 0 aliphatic heterocycles. The molecule has 110 valence electrons. The Morgan fingerprint density at radius 1 is 0.905 bits per heavy atom. The first-order valence-electron chi connectivity index (χ1n) is 6.42. The molecule has 3 nitrogen and oxygen atoms in total. The van der Waals surface area contributed by atoms with E-state index in [0.29, 0.717) is 16.5 Å². The standard InChI is InChI=1S/C16H15ClO3S/c17-15-7-5-14(6-8-15)11-21(20)10-13-3-1-12(2-4-13)9-16(18)19/h1-8H,9-11H2,(H,18,19). The average Bonchev–Trinajstić information content (AvgIpc) is 2.43. The molecule has 0 fully saturated rings. The number of rotatable bonds is 6. The van der Waals surface area contributed by atoms with Gasteiger partial charge in [-0.25, -0.2) is 0 Å². The predicted molar refractivity (Wildman–Crippen MR) is 84.8 cm³/mol. The van der Waals surface area contributed by atoms with E-state index >= 15 is 0 Å². The molecule has 1 N–H and O–H groups in total. The Balaban J connectivity index is 1.93. The van der Waals surface area contributed by atoms with E-state index in [9.17, 15) is 9.00 Å². The summed E-state index contributed by atoms with van der Waals surface area (Å²) in [5, 5.41) is 9.37. The molecule has 5 heteroatoms. The summed E-state index contributed by atoms with van der Waals surface area (Å²) < 4.78 is 12.1. The van der Waals surface area contributed by atoms with Gasteiger partial charge < -0.3 is 5.11 Å². The molecule has 0 aliphatic rings. The molecule has 0 aromatic heterocycles. The summed E-state index contributed by atoms with van der Waals surface area (Å²) in [6, 6.07) is 14.5. The normalized spacial score (nSPS) is 12.0. The van der Waals surface area contributed by atoms with Gasteiger partial charge in [0.15, 0.2) is 0 Å². The summed E-state index contributed by atoms with van der Waals surface area (Å²) in [4.78, 5) is 10.6. The quantitative estimate of drug-likeness (QED) is 0.886. The maximum absolute atomic E-state index is 12.1. The molecule has 0 heterocycles.